The second kappa shape index (κ2) is 6.71. The summed E-state index contributed by atoms with van der Waals surface area (Å²) in [6, 6.07) is 6.45. The Hall–Kier alpha value is -2.19. The van der Waals surface area contributed by atoms with Crippen LogP contribution >= 0.6 is 0 Å². The molecule has 1 aromatic heterocycles. The fraction of sp³-hybridized carbons (Fsp3) is 0.286. The third-order valence-corrected chi connectivity index (χ3v) is 4.72. The van der Waals surface area contributed by atoms with Gasteiger partial charge in [-0.3, -0.25) is 4.98 Å². The van der Waals surface area contributed by atoms with Crippen molar-refractivity contribution >= 4 is 26.8 Å². The average molecular weight is 321 g/mol. The molecule has 0 saturated heterocycles. The van der Waals surface area contributed by atoms with Crippen LogP contribution in [0.3, 0.4) is 0 Å². The Morgan fingerprint density at radius 2 is 2.14 bits per heavy atom. The van der Waals surface area contributed by atoms with Gasteiger partial charge in [0, 0.05) is 29.7 Å². The Morgan fingerprint density at radius 1 is 1.36 bits per heavy atom. The molecule has 22 heavy (non-hydrogen) atoms. The number of aromatic nitrogens is 1. The summed E-state index contributed by atoms with van der Waals surface area (Å²) in [7, 11) is -3.66. The van der Waals surface area contributed by atoms with Gasteiger partial charge < -0.3 is 11.5 Å². The van der Waals surface area contributed by atoms with E-state index in [-0.39, 0.29) is 23.4 Å². The molecule has 2 rings (SSSR count). The van der Waals surface area contributed by atoms with Gasteiger partial charge in [0.1, 0.15) is 0 Å². The summed E-state index contributed by atoms with van der Waals surface area (Å²) in [5.74, 6) is -0.0534. The normalized spacial score (nSPS) is 13.0. The second-order valence-electron chi connectivity index (χ2n) is 4.82. The number of nitrogens with zero attached hydrogens (tertiary/aromatic N) is 2. The van der Waals surface area contributed by atoms with Crippen molar-refractivity contribution in [1.29, 1.82) is 0 Å². The summed E-state index contributed by atoms with van der Waals surface area (Å²) in [5, 5.41) is 1.39. The molecule has 5 N–H and O–H groups in total. The molecular formula is C14H19N5O2S. The van der Waals surface area contributed by atoms with Crippen LogP contribution in [0.2, 0.25) is 0 Å². The van der Waals surface area contributed by atoms with E-state index < -0.39 is 10.0 Å². The van der Waals surface area contributed by atoms with Gasteiger partial charge in [-0.1, -0.05) is 19.1 Å². The second-order valence-corrected chi connectivity index (χ2v) is 6.56. The molecule has 0 fully saturated rings. The number of nitrogens with one attached hydrogen (secondary N) is 1. The molecule has 8 heteroatoms. The van der Waals surface area contributed by atoms with Gasteiger partial charge in [-0.25, -0.2) is 18.1 Å². The molecule has 0 aliphatic heterocycles. The minimum atomic E-state index is -3.66. The fourth-order valence-corrected chi connectivity index (χ4v) is 3.40. The van der Waals surface area contributed by atoms with Gasteiger partial charge in [0.25, 0.3) is 0 Å². The average Bonchev–Trinajstić information content (AvgIpc) is 2.50. The van der Waals surface area contributed by atoms with Crippen molar-refractivity contribution in [3.05, 3.63) is 36.7 Å². The first-order chi connectivity index (χ1) is 10.4. The Labute approximate surface area is 129 Å². The zero-order valence-corrected chi connectivity index (χ0v) is 13.0. The van der Waals surface area contributed by atoms with Gasteiger partial charge in [0.15, 0.2) is 5.96 Å². The van der Waals surface area contributed by atoms with Crippen LogP contribution in [0, 0.1) is 0 Å². The topological polar surface area (TPSA) is 123 Å². The molecular weight excluding hydrogens is 302 g/mol. The van der Waals surface area contributed by atoms with Crippen LogP contribution in [0.4, 0.5) is 0 Å². The van der Waals surface area contributed by atoms with E-state index in [2.05, 4.69) is 14.7 Å². The number of benzene rings is 1. The number of fused-ring (bicyclic) bond motifs is 1. The molecule has 1 unspecified atom stereocenters. The van der Waals surface area contributed by atoms with E-state index in [1.54, 1.807) is 30.6 Å². The van der Waals surface area contributed by atoms with E-state index in [0.717, 1.165) is 5.39 Å². The largest absolute Gasteiger partial charge is 0.370 e. The highest BCUT2D eigenvalue weighted by molar-refractivity contribution is 7.89. The van der Waals surface area contributed by atoms with E-state index >= 15 is 0 Å². The molecule has 0 bridgehead atoms. The molecule has 0 amide bonds. The summed E-state index contributed by atoms with van der Waals surface area (Å²) in [6.45, 7) is 2.02. The first-order valence-corrected chi connectivity index (χ1v) is 8.33. The number of guanidine groups is 1. The third-order valence-electron chi connectivity index (χ3n) is 3.24. The van der Waals surface area contributed by atoms with Crippen molar-refractivity contribution < 1.29 is 8.42 Å². The van der Waals surface area contributed by atoms with E-state index in [4.69, 9.17) is 11.5 Å². The molecule has 0 radical (unpaired) electrons. The number of pyridine rings is 1. The maximum Gasteiger partial charge on any atom is 0.241 e. The summed E-state index contributed by atoms with van der Waals surface area (Å²) in [4.78, 5) is 8.20. The van der Waals surface area contributed by atoms with Gasteiger partial charge in [0.05, 0.1) is 10.9 Å². The van der Waals surface area contributed by atoms with Crippen molar-refractivity contribution in [2.45, 2.75) is 24.3 Å². The monoisotopic (exact) mass is 321 g/mol. The van der Waals surface area contributed by atoms with Crippen LogP contribution in [0.5, 0.6) is 0 Å². The van der Waals surface area contributed by atoms with Crippen LogP contribution in [-0.2, 0) is 10.0 Å². The van der Waals surface area contributed by atoms with Crippen LogP contribution in [0.15, 0.2) is 46.5 Å². The highest BCUT2D eigenvalue weighted by Gasteiger charge is 2.18. The van der Waals surface area contributed by atoms with Gasteiger partial charge in [-0.15, -0.1) is 0 Å². The number of hydrogen-bond acceptors (Lipinski definition) is 4. The zero-order valence-electron chi connectivity index (χ0n) is 12.2. The highest BCUT2D eigenvalue weighted by atomic mass is 32.2. The first kappa shape index (κ1) is 16.2. The van der Waals surface area contributed by atoms with Crippen LogP contribution in [0.25, 0.3) is 10.8 Å². The quantitative estimate of drug-likeness (QED) is 0.530. The molecule has 0 aliphatic rings. The number of hydrogen-bond donors (Lipinski definition) is 3. The van der Waals surface area contributed by atoms with Gasteiger partial charge in [-0.2, -0.15) is 0 Å². The zero-order chi connectivity index (χ0) is 16.2. The van der Waals surface area contributed by atoms with Crippen LogP contribution in [-0.4, -0.2) is 31.9 Å². The molecule has 1 heterocycles. The number of nitrogens with two attached hydrogens (primary N) is 2. The number of rotatable bonds is 6. The van der Waals surface area contributed by atoms with Crippen molar-refractivity contribution in [3.8, 4) is 0 Å². The number of sulfonamides is 1. The highest BCUT2D eigenvalue weighted by Crippen LogP contribution is 2.21. The minimum absolute atomic E-state index is 0.0534. The summed E-state index contributed by atoms with van der Waals surface area (Å²) in [6.07, 6.45) is 3.82. The Balaban J connectivity index is 2.28. The molecule has 2 aromatic rings. The molecule has 0 aliphatic carbocycles. The molecule has 0 spiro atoms. The smallest absolute Gasteiger partial charge is 0.241 e. The predicted octanol–water partition coefficient (Wildman–Crippen LogP) is 0.565. The summed E-state index contributed by atoms with van der Waals surface area (Å²) in [5.41, 5.74) is 10.7. The lowest BCUT2D eigenvalue weighted by Gasteiger charge is -2.13. The van der Waals surface area contributed by atoms with Crippen molar-refractivity contribution in [1.82, 2.24) is 9.71 Å². The molecule has 0 saturated carbocycles. The van der Waals surface area contributed by atoms with E-state index in [9.17, 15) is 8.42 Å². The maximum atomic E-state index is 12.5. The standard InChI is InChI=1S/C14H19N5O2S/c1-2-11(19-14(15)16)9-18-22(20,21)13-5-3-4-10-8-17-7-6-12(10)13/h3-8,11,18H,2,9H2,1H3,(H4,15,16,19). The Kier molecular flexibility index (Phi) is 4.94. The van der Waals surface area contributed by atoms with Crippen molar-refractivity contribution in [2.75, 3.05) is 6.54 Å². The summed E-state index contributed by atoms with van der Waals surface area (Å²) >= 11 is 0. The van der Waals surface area contributed by atoms with E-state index in [1.807, 2.05) is 13.0 Å². The lowest BCUT2D eigenvalue weighted by atomic mass is 10.2. The molecule has 7 nitrogen and oxygen atoms in total. The maximum absolute atomic E-state index is 12.5. The van der Waals surface area contributed by atoms with Gasteiger partial charge >= 0.3 is 0 Å². The number of aliphatic imine (C=N–C) groups is 1. The van der Waals surface area contributed by atoms with Crippen LogP contribution < -0.4 is 16.2 Å². The SMILES string of the molecule is CCC(CNS(=O)(=O)c1cccc2cnccc12)N=C(N)N. The molecule has 118 valence electrons. The Bertz CT molecular complexity index is 779. The lowest BCUT2D eigenvalue weighted by Crippen LogP contribution is -2.34. The third kappa shape index (κ3) is 3.71. The van der Waals surface area contributed by atoms with E-state index in [1.165, 1.54) is 0 Å². The first-order valence-electron chi connectivity index (χ1n) is 6.85. The van der Waals surface area contributed by atoms with Crippen molar-refractivity contribution in [2.24, 2.45) is 16.5 Å². The molecule has 1 atom stereocenters. The van der Waals surface area contributed by atoms with Crippen molar-refractivity contribution in [3.63, 3.8) is 0 Å². The minimum Gasteiger partial charge on any atom is -0.370 e. The van der Waals surface area contributed by atoms with Gasteiger partial charge in [0.2, 0.25) is 10.0 Å². The van der Waals surface area contributed by atoms with E-state index in [0.29, 0.717) is 11.8 Å². The fourth-order valence-electron chi connectivity index (χ4n) is 2.10. The van der Waals surface area contributed by atoms with Crippen LogP contribution in [0.1, 0.15) is 13.3 Å². The summed E-state index contributed by atoms with van der Waals surface area (Å²) < 4.78 is 27.6. The predicted molar refractivity (Wildman–Crippen MR) is 86.8 cm³/mol. The molecule has 1 aromatic carbocycles. The Morgan fingerprint density at radius 3 is 2.82 bits per heavy atom. The lowest BCUT2D eigenvalue weighted by molar-refractivity contribution is 0.565. The van der Waals surface area contributed by atoms with Gasteiger partial charge in [-0.05, 0) is 18.6 Å².